The Morgan fingerprint density at radius 3 is 2.35 bits per heavy atom. The molecule has 6 heteroatoms. The zero-order chi connectivity index (χ0) is 15.1. The number of benzene rings is 1. The third kappa shape index (κ3) is 2.33. The summed E-state index contributed by atoms with van der Waals surface area (Å²) in [5, 5.41) is -0.920. The molecule has 1 aromatic carbocycles. The Kier molecular flexibility index (Phi) is 3.64. The van der Waals surface area contributed by atoms with E-state index in [1.807, 2.05) is 31.2 Å². The van der Waals surface area contributed by atoms with Gasteiger partial charge in [-0.25, -0.2) is 13.2 Å². The molecule has 1 aliphatic rings. The van der Waals surface area contributed by atoms with Crippen LogP contribution in [-0.4, -0.2) is 38.0 Å². The van der Waals surface area contributed by atoms with Crippen molar-refractivity contribution >= 4 is 15.8 Å². The fourth-order valence-electron chi connectivity index (χ4n) is 2.70. The highest BCUT2D eigenvalue weighted by atomic mass is 32.2. The minimum absolute atomic E-state index is 0.175. The van der Waals surface area contributed by atoms with Gasteiger partial charge in [0, 0.05) is 12.2 Å². The van der Waals surface area contributed by atoms with E-state index in [2.05, 4.69) is 0 Å². The minimum Gasteiger partial charge on any atom is -0.465 e. The van der Waals surface area contributed by atoms with Gasteiger partial charge in [0.15, 0.2) is 9.84 Å². The van der Waals surface area contributed by atoms with Crippen molar-refractivity contribution in [2.45, 2.75) is 30.6 Å². The van der Waals surface area contributed by atoms with Crippen LogP contribution >= 0.6 is 0 Å². The van der Waals surface area contributed by atoms with Gasteiger partial charge in [-0.15, -0.1) is 0 Å². The summed E-state index contributed by atoms with van der Waals surface area (Å²) in [6.45, 7) is 3.78. The molecule has 0 bridgehead atoms. The Hall–Kier alpha value is -1.40. The van der Waals surface area contributed by atoms with Crippen LogP contribution in [0.25, 0.3) is 0 Å². The number of nitrogens with two attached hydrogens (primary N) is 1. The van der Waals surface area contributed by atoms with Crippen molar-refractivity contribution in [3.63, 3.8) is 0 Å². The predicted octanol–water partition coefficient (Wildman–Crippen LogP) is 0.766. The van der Waals surface area contributed by atoms with Crippen molar-refractivity contribution < 1.29 is 17.9 Å². The van der Waals surface area contributed by atoms with Crippen LogP contribution in [0.4, 0.5) is 0 Å². The van der Waals surface area contributed by atoms with E-state index in [-0.39, 0.29) is 6.61 Å². The zero-order valence-electron chi connectivity index (χ0n) is 11.8. The fraction of sp³-hybridized carbons (Fsp3) is 0.500. The van der Waals surface area contributed by atoms with Crippen molar-refractivity contribution in [1.82, 2.24) is 0 Å². The quantitative estimate of drug-likeness (QED) is 0.829. The van der Waals surface area contributed by atoms with Gasteiger partial charge in [-0.3, -0.25) is 0 Å². The molecular formula is C14H19NO4S. The van der Waals surface area contributed by atoms with Crippen LogP contribution in [0.15, 0.2) is 24.3 Å². The molecule has 0 spiro atoms. The number of ether oxygens (including phenoxy) is 1. The van der Waals surface area contributed by atoms with Crippen LogP contribution in [0.5, 0.6) is 0 Å². The summed E-state index contributed by atoms with van der Waals surface area (Å²) in [5.74, 6) is -1.20. The summed E-state index contributed by atoms with van der Waals surface area (Å²) in [5.41, 5.74) is 6.40. The van der Waals surface area contributed by atoms with E-state index in [9.17, 15) is 13.2 Å². The van der Waals surface area contributed by atoms with E-state index in [1.165, 1.54) is 0 Å². The highest BCUT2D eigenvalue weighted by Gasteiger charge is 2.73. The van der Waals surface area contributed by atoms with E-state index >= 15 is 0 Å². The Balaban J connectivity index is 2.41. The van der Waals surface area contributed by atoms with Crippen molar-refractivity contribution in [2.75, 3.05) is 12.9 Å². The number of aryl methyl sites for hydroxylation is 1. The normalized spacial score (nSPS) is 29.0. The number of rotatable bonds is 4. The van der Waals surface area contributed by atoms with Gasteiger partial charge in [0.2, 0.25) is 0 Å². The van der Waals surface area contributed by atoms with E-state index in [1.54, 1.807) is 6.92 Å². The van der Waals surface area contributed by atoms with Gasteiger partial charge in [0.1, 0.15) is 5.54 Å². The van der Waals surface area contributed by atoms with Gasteiger partial charge in [0.05, 0.1) is 11.9 Å². The molecule has 3 atom stereocenters. The summed E-state index contributed by atoms with van der Waals surface area (Å²) in [7, 11) is -3.43. The van der Waals surface area contributed by atoms with Crippen LogP contribution < -0.4 is 5.73 Å². The van der Waals surface area contributed by atoms with Gasteiger partial charge in [-0.05, 0) is 19.4 Å². The average Bonchev–Trinajstić information content (AvgIpc) is 2.99. The molecular weight excluding hydrogens is 278 g/mol. The van der Waals surface area contributed by atoms with Crippen LogP contribution in [0.1, 0.15) is 24.0 Å². The van der Waals surface area contributed by atoms with Crippen molar-refractivity contribution in [3.05, 3.63) is 35.4 Å². The number of sulfone groups is 1. The van der Waals surface area contributed by atoms with Gasteiger partial charge >= 0.3 is 5.97 Å². The standard InChI is InChI=1S/C14H19NO4S/c1-4-19-13(16)14(15)11(12(14)20(3,17)18)10-7-5-9(2)6-8-10/h5-8,11-12H,4,15H2,1-3H3. The van der Waals surface area contributed by atoms with Crippen LogP contribution in [-0.2, 0) is 19.4 Å². The number of hydrogen-bond acceptors (Lipinski definition) is 5. The molecule has 1 aromatic rings. The van der Waals surface area contributed by atoms with Gasteiger partial charge in [-0.2, -0.15) is 0 Å². The molecule has 5 nitrogen and oxygen atoms in total. The van der Waals surface area contributed by atoms with Crippen LogP contribution in [0.3, 0.4) is 0 Å². The molecule has 20 heavy (non-hydrogen) atoms. The summed E-state index contributed by atoms with van der Waals surface area (Å²) in [6, 6.07) is 7.37. The highest BCUT2D eigenvalue weighted by molar-refractivity contribution is 7.91. The van der Waals surface area contributed by atoms with Gasteiger partial charge in [-0.1, -0.05) is 29.8 Å². The fourth-order valence-corrected chi connectivity index (χ4v) is 4.45. The van der Waals surface area contributed by atoms with E-state index in [4.69, 9.17) is 10.5 Å². The maximum atomic E-state index is 12.0. The summed E-state index contributed by atoms with van der Waals surface area (Å²) in [4.78, 5) is 12.0. The maximum Gasteiger partial charge on any atom is 0.328 e. The molecule has 3 unspecified atom stereocenters. The number of hydrogen-bond donors (Lipinski definition) is 1. The predicted molar refractivity (Wildman–Crippen MR) is 76.1 cm³/mol. The molecule has 0 aromatic heterocycles. The minimum atomic E-state index is -3.43. The molecule has 0 aliphatic heterocycles. The third-order valence-electron chi connectivity index (χ3n) is 3.71. The summed E-state index contributed by atoms with van der Waals surface area (Å²) < 4.78 is 28.7. The Bertz CT molecular complexity index is 623. The molecule has 1 fully saturated rings. The molecule has 0 radical (unpaired) electrons. The monoisotopic (exact) mass is 297 g/mol. The Morgan fingerprint density at radius 1 is 1.35 bits per heavy atom. The average molecular weight is 297 g/mol. The molecule has 1 saturated carbocycles. The second kappa shape index (κ2) is 4.86. The van der Waals surface area contributed by atoms with Crippen molar-refractivity contribution in [1.29, 1.82) is 0 Å². The topological polar surface area (TPSA) is 86.5 Å². The SMILES string of the molecule is CCOC(=O)C1(N)C(c2ccc(C)cc2)C1S(C)(=O)=O. The van der Waals surface area contributed by atoms with E-state index in [0.29, 0.717) is 0 Å². The molecule has 1 aliphatic carbocycles. The summed E-state index contributed by atoms with van der Waals surface area (Å²) >= 11 is 0. The summed E-state index contributed by atoms with van der Waals surface area (Å²) in [6.07, 6.45) is 1.10. The van der Waals surface area contributed by atoms with Gasteiger partial charge < -0.3 is 10.5 Å². The number of carbonyl (C=O) groups excluding carboxylic acids is 1. The lowest BCUT2D eigenvalue weighted by Crippen LogP contribution is -2.41. The second-order valence-corrected chi connectivity index (χ2v) is 7.46. The first kappa shape index (κ1) is 15.0. The lowest BCUT2D eigenvalue weighted by Gasteiger charge is -2.10. The van der Waals surface area contributed by atoms with Crippen LogP contribution in [0.2, 0.25) is 0 Å². The molecule has 110 valence electrons. The van der Waals surface area contributed by atoms with Crippen molar-refractivity contribution in [2.24, 2.45) is 5.73 Å². The smallest absolute Gasteiger partial charge is 0.328 e. The second-order valence-electron chi connectivity index (χ2n) is 5.29. The largest absolute Gasteiger partial charge is 0.465 e. The first-order chi connectivity index (χ1) is 9.22. The molecule has 2 N–H and O–H groups in total. The molecule has 0 saturated heterocycles. The third-order valence-corrected chi connectivity index (χ3v) is 5.29. The van der Waals surface area contributed by atoms with Crippen molar-refractivity contribution in [3.8, 4) is 0 Å². The highest BCUT2D eigenvalue weighted by Crippen LogP contribution is 2.54. The van der Waals surface area contributed by atoms with E-state index < -0.39 is 32.5 Å². The maximum absolute atomic E-state index is 12.0. The Morgan fingerprint density at radius 2 is 1.90 bits per heavy atom. The molecule has 0 heterocycles. The van der Waals surface area contributed by atoms with Gasteiger partial charge in [0.25, 0.3) is 0 Å². The first-order valence-corrected chi connectivity index (χ1v) is 8.40. The molecule has 2 rings (SSSR count). The Labute approximate surface area is 119 Å². The first-order valence-electron chi connectivity index (χ1n) is 6.44. The lowest BCUT2D eigenvalue weighted by atomic mass is 10.1. The number of carbonyl (C=O) groups is 1. The van der Waals surface area contributed by atoms with Crippen LogP contribution in [0, 0.1) is 6.92 Å². The zero-order valence-corrected chi connectivity index (χ0v) is 12.6. The number of esters is 1. The molecule has 0 amide bonds. The van der Waals surface area contributed by atoms with E-state index in [0.717, 1.165) is 17.4 Å². The lowest BCUT2D eigenvalue weighted by molar-refractivity contribution is -0.145.